The number of ether oxygens (including phenoxy) is 1. The van der Waals surface area contributed by atoms with Gasteiger partial charge in [0.15, 0.2) is 0 Å². The molecule has 0 aromatic heterocycles. The van der Waals surface area contributed by atoms with E-state index >= 15 is 0 Å². The van der Waals surface area contributed by atoms with Crippen LogP contribution in [0.5, 0.6) is 5.75 Å². The molecule has 0 amide bonds. The third-order valence-electron chi connectivity index (χ3n) is 3.14. The van der Waals surface area contributed by atoms with Crippen LogP contribution in [0.25, 0.3) is 0 Å². The highest BCUT2D eigenvalue weighted by Gasteiger charge is 2.43. The Hall–Kier alpha value is -1.60. The van der Waals surface area contributed by atoms with Crippen molar-refractivity contribution in [2.24, 2.45) is 5.41 Å². The SMILES string of the molecule is N#CCC1(COc2ccc(F)cc2CO)CC1. The van der Waals surface area contributed by atoms with Crippen molar-refractivity contribution in [1.82, 2.24) is 0 Å². The minimum absolute atomic E-state index is 0.0180. The number of hydrogen-bond donors (Lipinski definition) is 1. The van der Waals surface area contributed by atoms with Gasteiger partial charge < -0.3 is 9.84 Å². The second kappa shape index (κ2) is 4.72. The second-order valence-electron chi connectivity index (χ2n) is 4.53. The quantitative estimate of drug-likeness (QED) is 0.852. The molecule has 0 unspecified atom stereocenters. The number of rotatable bonds is 5. The van der Waals surface area contributed by atoms with E-state index in [1.54, 1.807) is 0 Å². The first-order valence-corrected chi connectivity index (χ1v) is 5.58. The van der Waals surface area contributed by atoms with E-state index in [4.69, 9.17) is 15.1 Å². The Morgan fingerprint density at radius 1 is 1.47 bits per heavy atom. The first-order valence-electron chi connectivity index (χ1n) is 5.58. The lowest BCUT2D eigenvalue weighted by Crippen LogP contribution is -2.13. The van der Waals surface area contributed by atoms with E-state index < -0.39 is 0 Å². The van der Waals surface area contributed by atoms with E-state index in [2.05, 4.69) is 6.07 Å². The summed E-state index contributed by atoms with van der Waals surface area (Å²) in [6, 6.07) is 6.24. The normalized spacial score (nSPS) is 16.3. The van der Waals surface area contributed by atoms with E-state index in [1.807, 2.05) is 0 Å². The fraction of sp³-hybridized carbons (Fsp3) is 0.462. The Bertz CT molecular complexity index is 449. The van der Waals surface area contributed by atoms with Gasteiger partial charge >= 0.3 is 0 Å². The molecule has 1 aromatic rings. The average molecular weight is 235 g/mol. The molecule has 0 spiro atoms. The summed E-state index contributed by atoms with van der Waals surface area (Å²) in [5.74, 6) is 0.109. The maximum Gasteiger partial charge on any atom is 0.125 e. The van der Waals surface area contributed by atoms with Crippen LogP contribution in [0.15, 0.2) is 18.2 Å². The van der Waals surface area contributed by atoms with Gasteiger partial charge in [-0.05, 0) is 31.0 Å². The van der Waals surface area contributed by atoms with Gasteiger partial charge in [0.05, 0.1) is 19.3 Å². The second-order valence-corrected chi connectivity index (χ2v) is 4.53. The van der Waals surface area contributed by atoms with Crippen molar-refractivity contribution in [3.8, 4) is 11.8 Å². The van der Waals surface area contributed by atoms with Gasteiger partial charge in [0.25, 0.3) is 0 Å². The van der Waals surface area contributed by atoms with Gasteiger partial charge in [-0.15, -0.1) is 0 Å². The molecule has 0 atom stereocenters. The predicted octanol–water partition coefficient (Wildman–Crippen LogP) is 2.39. The van der Waals surface area contributed by atoms with Gasteiger partial charge in [0.1, 0.15) is 11.6 Å². The minimum Gasteiger partial charge on any atom is -0.493 e. The Kier molecular flexibility index (Phi) is 3.30. The van der Waals surface area contributed by atoms with Crippen LogP contribution in [0, 0.1) is 22.6 Å². The molecule has 1 N–H and O–H groups in total. The molecular formula is C13H14FNO2. The van der Waals surface area contributed by atoms with Crippen molar-refractivity contribution in [2.45, 2.75) is 25.9 Å². The zero-order chi connectivity index (χ0) is 12.3. The summed E-state index contributed by atoms with van der Waals surface area (Å²) in [6.07, 6.45) is 2.48. The Morgan fingerprint density at radius 3 is 2.82 bits per heavy atom. The lowest BCUT2D eigenvalue weighted by molar-refractivity contribution is 0.223. The molecule has 0 heterocycles. The summed E-state index contributed by atoms with van der Waals surface area (Å²) < 4.78 is 18.5. The Morgan fingerprint density at radius 2 is 2.24 bits per heavy atom. The smallest absolute Gasteiger partial charge is 0.125 e. The molecule has 1 aromatic carbocycles. The van der Waals surface area contributed by atoms with E-state index in [-0.39, 0.29) is 17.8 Å². The van der Waals surface area contributed by atoms with Crippen molar-refractivity contribution in [3.05, 3.63) is 29.6 Å². The summed E-state index contributed by atoms with van der Waals surface area (Å²) in [6.45, 7) is 0.206. The highest BCUT2D eigenvalue weighted by molar-refractivity contribution is 5.33. The van der Waals surface area contributed by atoms with Gasteiger partial charge in [-0.2, -0.15) is 5.26 Å². The van der Waals surface area contributed by atoms with E-state index in [0.717, 1.165) is 12.8 Å². The third kappa shape index (κ3) is 2.75. The highest BCUT2D eigenvalue weighted by atomic mass is 19.1. The number of nitrogens with zero attached hydrogens (tertiary/aromatic N) is 1. The van der Waals surface area contributed by atoms with Gasteiger partial charge in [-0.1, -0.05) is 0 Å². The standard InChI is InChI=1S/C13H14FNO2/c14-11-1-2-12(10(7-11)8-16)17-9-13(3-4-13)5-6-15/h1-2,7,16H,3-5,8-9H2. The fourth-order valence-corrected chi connectivity index (χ4v) is 1.76. The van der Waals surface area contributed by atoms with E-state index in [1.165, 1.54) is 18.2 Å². The van der Waals surface area contributed by atoms with Crippen molar-refractivity contribution in [1.29, 1.82) is 5.26 Å². The monoisotopic (exact) mass is 235 g/mol. The van der Waals surface area contributed by atoms with Crippen molar-refractivity contribution in [3.63, 3.8) is 0 Å². The molecule has 90 valence electrons. The number of halogens is 1. The molecule has 2 rings (SSSR count). The summed E-state index contributed by atoms with van der Waals surface area (Å²) in [5, 5.41) is 17.8. The highest BCUT2D eigenvalue weighted by Crippen LogP contribution is 2.48. The van der Waals surface area contributed by atoms with Gasteiger partial charge in [0, 0.05) is 17.4 Å². The topological polar surface area (TPSA) is 53.2 Å². The van der Waals surface area contributed by atoms with Crippen LogP contribution in [-0.2, 0) is 6.61 Å². The molecule has 1 fully saturated rings. The van der Waals surface area contributed by atoms with E-state index in [0.29, 0.717) is 24.3 Å². The molecule has 3 nitrogen and oxygen atoms in total. The number of hydrogen-bond acceptors (Lipinski definition) is 3. The fourth-order valence-electron chi connectivity index (χ4n) is 1.76. The number of nitriles is 1. The van der Waals surface area contributed by atoms with Crippen molar-refractivity contribution < 1.29 is 14.2 Å². The van der Waals surface area contributed by atoms with Crippen LogP contribution in [0.3, 0.4) is 0 Å². The molecule has 0 bridgehead atoms. The first-order chi connectivity index (χ1) is 8.19. The van der Waals surface area contributed by atoms with Gasteiger partial charge in [-0.3, -0.25) is 0 Å². The van der Waals surface area contributed by atoms with Crippen LogP contribution >= 0.6 is 0 Å². The molecular weight excluding hydrogens is 221 g/mol. The van der Waals surface area contributed by atoms with Crippen molar-refractivity contribution in [2.75, 3.05) is 6.61 Å². The minimum atomic E-state index is -0.389. The van der Waals surface area contributed by atoms with Crippen LogP contribution < -0.4 is 4.74 Å². The number of aliphatic hydroxyl groups is 1. The van der Waals surface area contributed by atoms with Crippen LogP contribution in [0.1, 0.15) is 24.8 Å². The molecule has 0 saturated heterocycles. The molecule has 17 heavy (non-hydrogen) atoms. The first kappa shape index (κ1) is 11.9. The number of aliphatic hydroxyl groups excluding tert-OH is 1. The lowest BCUT2D eigenvalue weighted by atomic mass is 10.1. The maximum atomic E-state index is 12.9. The largest absolute Gasteiger partial charge is 0.493 e. The Balaban J connectivity index is 2.02. The summed E-state index contributed by atoms with van der Waals surface area (Å²) in [7, 11) is 0. The molecule has 1 saturated carbocycles. The van der Waals surface area contributed by atoms with Crippen LogP contribution in [0.2, 0.25) is 0 Å². The molecule has 1 aliphatic rings. The average Bonchev–Trinajstić information content (AvgIpc) is 3.08. The molecule has 4 heteroatoms. The lowest BCUT2D eigenvalue weighted by Gasteiger charge is -2.15. The van der Waals surface area contributed by atoms with E-state index in [9.17, 15) is 4.39 Å². The van der Waals surface area contributed by atoms with Crippen LogP contribution in [0.4, 0.5) is 4.39 Å². The number of benzene rings is 1. The third-order valence-corrected chi connectivity index (χ3v) is 3.14. The van der Waals surface area contributed by atoms with Gasteiger partial charge in [-0.25, -0.2) is 4.39 Å². The molecule has 1 aliphatic carbocycles. The maximum absolute atomic E-state index is 12.9. The predicted molar refractivity (Wildman–Crippen MR) is 59.7 cm³/mol. The van der Waals surface area contributed by atoms with Gasteiger partial charge in [0.2, 0.25) is 0 Å². The summed E-state index contributed by atoms with van der Waals surface area (Å²) in [5.41, 5.74) is 0.424. The zero-order valence-corrected chi connectivity index (χ0v) is 9.45. The summed E-state index contributed by atoms with van der Waals surface area (Å²) >= 11 is 0. The van der Waals surface area contributed by atoms with Crippen molar-refractivity contribution >= 4 is 0 Å². The van der Waals surface area contributed by atoms with Crippen LogP contribution in [-0.4, -0.2) is 11.7 Å². The summed E-state index contributed by atoms with van der Waals surface area (Å²) in [4.78, 5) is 0. The molecule has 0 aliphatic heterocycles. The molecule has 0 radical (unpaired) electrons. The Labute approximate surface area is 99.4 Å². The zero-order valence-electron chi connectivity index (χ0n) is 9.45.